The third-order valence-corrected chi connectivity index (χ3v) is 8.95. The molecular formula is C31H50O. The van der Waals surface area contributed by atoms with E-state index >= 15 is 0 Å². The van der Waals surface area contributed by atoms with E-state index in [0.29, 0.717) is 5.92 Å². The summed E-state index contributed by atoms with van der Waals surface area (Å²) in [5, 5.41) is 0. The van der Waals surface area contributed by atoms with Crippen molar-refractivity contribution in [1.29, 1.82) is 0 Å². The highest BCUT2D eigenvalue weighted by atomic mass is 16.1. The van der Waals surface area contributed by atoms with Crippen molar-refractivity contribution in [2.45, 2.75) is 135 Å². The van der Waals surface area contributed by atoms with E-state index < -0.39 is 0 Å². The van der Waals surface area contributed by atoms with Crippen LogP contribution in [0.15, 0.2) is 24.3 Å². The Morgan fingerprint density at radius 2 is 1.41 bits per heavy atom. The predicted molar refractivity (Wildman–Crippen MR) is 138 cm³/mol. The Labute approximate surface area is 199 Å². The van der Waals surface area contributed by atoms with Crippen LogP contribution in [0.1, 0.15) is 140 Å². The van der Waals surface area contributed by atoms with Gasteiger partial charge in [0.25, 0.3) is 0 Å². The highest BCUT2D eigenvalue weighted by Crippen LogP contribution is 2.44. The van der Waals surface area contributed by atoms with Crippen molar-refractivity contribution in [3.63, 3.8) is 0 Å². The van der Waals surface area contributed by atoms with E-state index in [4.69, 9.17) is 0 Å². The smallest absolute Gasteiger partial charge is 0.126 e. The summed E-state index contributed by atoms with van der Waals surface area (Å²) in [7, 11) is 0. The number of hydrogen-bond acceptors (Lipinski definition) is 1. The largest absolute Gasteiger partial charge is 0.303 e. The van der Waals surface area contributed by atoms with Crippen molar-refractivity contribution >= 4 is 6.29 Å². The van der Waals surface area contributed by atoms with E-state index in [-0.39, 0.29) is 5.41 Å². The molecule has 0 aliphatic heterocycles. The molecule has 3 rings (SSSR count). The van der Waals surface area contributed by atoms with Gasteiger partial charge in [0, 0.05) is 5.41 Å². The summed E-state index contributed by atoms with van der Waals surface area (Å²) in [5.41, 5.74) is 3.01. The summed E-state index contributed by atoms with van der Waals surface area (Å²) in [6.07, 6.45) is 25.2. The van der Waals surface area contributed by atoms with Crippen LogP contribution in [0.2, 0.25) is 0 Å². The van der Waals surface area contributed by atoms with Crippen molar-refractivity contribution < 1.29 is 4.79 Å². The summed E-state index contributed by atoms with van der Waals surface area (Å²) < 4.78 is 0. The Morgan fingerprint density at radius 1 is 0.781 bits per heavy atom. The molecule has 0 atom stereocenters. The van der Waals surface area contributed by atoms with E-state index in [0.717, 1.165) is 37.5 Å². The van der Waals surface area contributed by atoms with Gasteiger partial charge in [0.2, 0.25) is 0 Å². The van der Waals surface area contributed by atoms with Crippen molar-refractivity contribution in [3.8, 4) is 0 Å². The number of aryl methyl sites for hydroxylation is 1. The zero-order valence-corrected chi connectivity index (χ0v) is 21.3. The van der Waals surface area contributed by atoms with Gasteiger partial charge in [-0.05, 0) is 73.8 Å². The zero-order valence-electron chi connectivity index (χ0n) is 21.3. The number of carbonyl (C=O) groups is 1. The van der Waals surface area contributed by atoms with Crippen LogP contribution < -0.4 is 0 Å². The van der Waals surface area contributed by atoms with Gasteiger partial charge >= 0.3 is 0 Å². The molecule has 2 saturated carbocycles. The first-order valence-corrected chi connectivity index (χ1v) is 14.2. The van der Waals surface area contributed by atoms with E-state index in [1.165, 1.54) is 107 Å². The number of hydrogen-bond donors (Lipinski definition) is 0. The molecule has 0 aromatic heterocycles. The minimum atomic E-state index is -0.0146. The Kier molecular flexibility index (Phi) is 10.8. The fourth-order valence-electron chi connectivity index (χ4n) is 6.62. The van der Waals surface area contributed by atoms with Gasteiger partial charge in [-0.1, -0.05) is 109 Å². The van der Waals surface area contributed by atoms with E-state index in [1.54, 1.807) is 0 Å². The molecule has 0 amide bonds. The molecule has 2 aliphatic rings. The Hall–Kier alpha value is -1.11. The minimum Gasteiger partial charge on any atom is -0.303 e. The number of benzene rings is 1. The molecule has 1 nitrogen and oxygen atoms in total. The fourth-order valence-corrected chi connectivity index (χ4v) is 6.62. The van der Waals surface area contributed by atoms with Gasteiger partial charge in [0.1, 0.15) is 6.29 Å². The van der Waals surface area contributed by atoms with Crippen LogP contribution in [0.5, 0.6) is 0 Å². The van der Waals surface area contributed by atoms with Gasteiger partial charge in [-0.3, -0.25) is 0 Å². The topological polar surface area (TPSA) is 17.1 Å². The first kappa shape index (κ1) is 25.5. The number of carbonyl (C=O) groups excluding carboxylic acids is 1. The second-order valence-electron chi connectivity index (χ2n) is 11.4. The second kappa shape index (κ2) is 13.6. The van der Waals surface area contributed by atoms with Crippen LogP contribution >= 0.6 is 0 Å². The van der Waals surface area contributed by atoms with Crippen molar-refractivity contribution in [2.24, 2.45) is 17.3 Å². The first-order valence-electron chi connectivity index (χ1n) is 14.2. The molecule has 2 aliphatic carbocycles. The summed E-state index contributed by atoms with van der Waals surface area (Å²) in [4.78, 5) is 11.7. The quantitative estimate of drug-likeness (QED) is 0.221. The predicted octanol–water partition coefficient (Wildman–Crippen LogP) is 9.43. The highest BCUT2D eigenvalue weighted by molar-refractivity contribution is 5.59. The molecule has 0 heterocycles. The summed E-state index contributed by atoms with van der Waals surface area (Å²) in [6, 6.07) is 9.57. The molecule has 1 aromatic carbocycles. The van der Waals surface area contributed by atoms with Gasteiger partial charge in [0.15, 0.2) is 0 Å². The van der Waals surface area contributed by atoms with Gasteiger partial charge in [-0.25, -0.2) is 0 Å². The molecule has 2 fully saturated rings. The molecule has 32 heavy (non-hydrogen) atoms. The lowest BCUT2D eigenvalue weighted by Crippen LogP contribution is -2.28. The molecule has 0 unspecified atom stereocenters. The zero-order chi connectivity index (χ0) is 22.7. The number of rotatable bonds is 13. The van der Waals surface area contributed by atoms with Crippen molar-refractivity contribution in [1.82, 2.24) is 0 Å². The maximum atomic E-state index is 11.7. The Balaban J connectivity index is 1.34. The summed E-state index contributed by atoms with van der Waals surface area (Å²) in [5.74, 6) is 2.64. The first-order chi connectivity index (χ1) is 15.7. The maximum Gasteiger partial charge on any atom is 0.126 e. The molecule has 1 heteroatoms. The van der Waals surface area contributed by atoms with Crippen LogP contribution in [0.4, 0.5) is 0 Å². The summed E-state index contributed by atoms with van der Waals surface area (Å²) >= 11 is 0. The summed E-state index contributed by atoms with van der Waals surface area (Å²) in [6.45, 7) is 4.51. The van der Waals surface area contributed by atoms with E-state index in [2.05, 4.69) is 38.1 Å². The Bertz CT molecular complexity index is 629. The van der Waals surface area contributed by atoms with E-state index in [9.17, 15) is 4.79 Å². The number of unbranched alkanes of at least 4 members (excludes halogenated alkanes) is 4. The molecule has 0 radical (unpaired) electrons. The van der Waals surface area contributed by atoms with Crippen molar-refractivity contribution in [3.05, 3.63) is 35.4 Å². The van der Waals surface area contributed by atoms with Gasteiger partial charge < -0.3 is 4.79 Å². The average molecular weight is 439 g/mol. The normalized spacial score (nSPS) is 28.5. The van der Waals surface area contributed by atoms with Gasteiger partial charge in [-0.2, -0.15) is 0 Å². The van der Waals surface area contributed by atoms with Crippen molar-refractivity contribution in [2.75, 3.05) is 0 Å². The van der Waals surface area contributed by atoms with Crippen LogP contribution in [0, 0.1) is 17.3 Å². The average Bonchev–Trinajstić information content (AvgIpc) is 2.84. The molecule has 0 spiro atoms. The van der Waals surface area contributed by atoms with Gasteiger partial charge in [-0.15, -0.1) is 0 Å². The molecule has 0 bridgehead atoms. The van der Waals surface area contributed by atoms with Crippen LogP contribution in [-0.4, -0.2) is 6.29 Å². The third kappa shape index (κ3) is 7.74. The lowest BCUT2D eigenvalue weighted by atomic mass is 9.68. The van der Waals surface area contributed by atoms with Crippen LogP contribution in [0.3, 0.4) is 0 Å². The lowest BCUT2D eigenvalue weighted by molar-refractivity contribution is -0.118. The minimum absolute atomic E-state index is 0.0146. The molecular weight excluding hydrogens is 388 g/mol. The fraction of sp³-hybridized carbons (Fsp3) is 0.774. The standard InChI is InChI=1S/C31H50O/c1-3-5-6-7-8-9-26-10-12-27(13-11-26)14-15-28-16-18-29(19-17-28)30-20-23-31(25-32,22-4-2)24-21-30/h16-19,25-27,30H,3-15,20-24H2,1-2H3/t26-,27-,30?,31?. The maximum absolute atomic E-state index is 11.7. The molecule has 0 saturated heterocycles. The lowest BCUT2D eigenvalue weighted by Gasteiger charge is -2.36. The third-order valence-electron chi connectivity index (χ3n) is 8.95. The van der Waals surface area contributed by atoms with Crippen LogP contribution in [0.25, 0.3) is 0 Å². The second-order valence-corrected chi connectivity index (χ2v) is 11.4. The molecule has 180 valence electrons. The van der Waals surface area contributed by atoms with Gasteiger partial charge in [0.05, 0.1) is 0 Å². The monoisotopic (exact) mass is 438 g/mol. The SMILES string of the molecule is CCCCCCC[C@H]1CC[C@H](CCc2ccc(C3CCC(C=O)(CCC)CC3)cc2)CC1. The van der Waals surface area contributed by atoms with E-state index in [1.807, 2.05) is 0 Å². The highest BCUT2D eigenvalue weighted by Gasteiger charge is 2.34. The number of aldehydes is 1. The van der Waals surface area contributed by atoms with Crippen LogP contribution in [-0.2, 0) is 11.2 Å². The molecule has 1 aromatic rings. The Morgan fingerprint density at radius 3 is 2.00 bits per heavy atom. The molecule has 0 N–H and O–H groups in total.